The second-order valence-corrected chi connectivity index (χ2v) is 8.98. The summed E-state index contributed by atoms with van der Waals surface area (Å²) in [6.45, 7) is 0.769. The van der Waals surface area contributed by atoms with Crippen molar-refractivity contribution < 1.29 is 4.79 Å². The van der Waals surface area contributed by atoms with E-state index in [1.807, 2.05) is 73.1 Å². The summed E-state index contributed by atoms with van der Waals surface area (Å²) in [7, 11) is 0. The zero-order chi connectivity index (χ0) is 24.7. The number of hydrogen-bond acceptors (Lipinski definition) is 5. The number of benzene rings is 2. The summed E-state index contributed by atoms with van der Waals surface area (Å²) in [5, 5.41) is 12.7. The molecule has 6 heteroatoms. The topological polar surface area (TPSA) is 81.9 Å². The number of hydrogen-bond donors (Lipinski definition) is 1. The van der Waals surface area contributed by atoms with E-state index in [4.69, 9.17) is 0 Å². The van der Waals surface area contributed by atoms with Crippen LogP contribution in [0.3, 0.4) is 0 Å². The third-order valence-electron chi connectivity index (χ3n) is 6.76. The van der Waals surface area contributed by atoms with Gasteiger partial charge in [-0.3, -0.25) is 19.7 Å². The number of anilines is 1. The van der Waals surface area contributed by atoms with E-state index in [9.17, 15) is 10.1 Å². The van der Waals surface area contributed by atoms with Crippen molar-refractivity contribution in [2.24, 2.45) is 0 Å². The summed E-state index contributed by atoms with van der Waals surface area (Å²) in [5.41, 5.74) is 4.44. The van der Waals surface area contributed by atoms with Gasteiger partial charge < -0.3 is 5.32 Å². The van der Waals surface area contributed by atoms with Crippen LogP contribution in [-0.4, -0.2) is 33.4 Å². The van der Waals surface area contributed by atoms with E-state index in [2.05, 4.69) is 44.5 Å². The number of carbonyl (C=O) groups excluding carboxylic acids is 1. The molecule has 1 fully saturated rings. The number of para-hydroxylation sites is 1. The molecule has 0 aliphatic carbocycles. The Morgan fingerprint density at radius 1 is 0.917 bits per heavy atom. The number of nitriles is 1. The molecule has 0 bridgehead atoms. The highest BCUT2D eigenvalue weighted by Gasteiger charge is 2.41. The van der Waals surface area contributed by atoms with Crippen LogP contribution in [0.1, 0.15) is 47.1 Å². The van der Waals surface area contributed by atoms with Gasteiger partial charge in [-0.25, -0.2) is 0 Å². The normalized spacial score (nSPS) is 16.4. The quantitative estimate of drug-likeness (QED) is 0.393. The molecule has 1 saturated heterocycles. The number of likely N-dealkylation sites (tertiary alicyclic amines) is 1. The van der Waals surface area contributed by atoms with Gasteiger partial charge in [0.2, 0.25) is 5.91 Å². The zero-order valence-corrected chi connectivity index (χ0v) is 19.9. The molecule has 1 unspecified atom stereocenters. The third kappa shape index (κ3) is 5.02. The Balaban J connectivity index is 1.61. The van der Waals surface area contributed by atoms with Crippen molar-refractivity contribution >= 4 is 11.6 Å². The first-order valence-corrected chi connectivity index (χ1v) is 12.2. The molecular weight excluding hydrogens is 446 g/mol. The number of rotatable bonds is 7. The SMILES string of the molecule is N#Cc1cccc(C(C(c2cccnc2)c2cccnc2)N2CCC[C@H]2C(=O)Nc2ccccc2)c1. The lowest BCUT2D eigenvalue weighted by Crippen LogP contribution is -2.43. The van der Waals surface area contributed by atoms with Crippen LogP contribution >= 0.6 is 0 Å². The lowest BCUT2D eigenvalue weighted by molar-refractivity contribution is -0.121. The maximum Gasteiger partial charge on any atom is 0.241 e. The maximum absolute atomic E-state index is 13.5. The Morgan fingerprint density at radius 2 is 1.61 bits per heavy atom. The second kappa shape index (κ2) is 10.9. The van der Waals surface area contributed by atoms with E-state index in [0.29, 0.717) is 5.56 Å². The van der Waals surface area contributed by atoms with Gasteiger partial charge in [0, 0.05) is 42.4 Å². The molecule has 4 aromatic rings. The Labute approximate surface area is 211 Å². The van der Waals surface area contributed by atoms with Gasteiger partial charge in [0.05, 0.1) is 17.7 Å². The van der Waals surface area contributed by atoms with Gasteiger partial charge in [0.15, 0.2) is 0 Å². The molecule has 1 N–H and O–H groups in total. The van der Waals surface area contributed by atoms with E-state index in [1.165, 1.54) is 0 Å². The van der Waals surface area contributed by atoms with Crippen molar-refractivity contribution in [3.8, 4) is 6.07 Å². The number of carbonyl (C=O) groups is 1. The number of pyridine rings is 2. The molecule has 0 radical (unpaired) electrons. The van der Waals surface area contributed by atoms with Crippen LogP contribution in [-0.2, 0) is 4.79 Å². The van der Waals surface area contributed by atoms with Crippen LogP contribution in [0.15, 0.2) is 104 Å². The van der Waals surface area contributed by atoms with Crippen LogP contribution in [0.25, 0.3) is 0 Å². The first-order valence-electron chi connectivity index (χ1n) is 12.2. The minimum Gasteiger partial charge on any atom is -0.325 e. The molecule has 1 amide bonds. The van der Waals surface area contributed by atoms with Crippen molar-refractivity contribution in [1.29, 1.82) is 5.26 Å². The number of nitrogens with zero attached hydrogens (tertiary/aromatic N) is 4. The van der Waals surface area contributed by atoms with Crippen LogP contribution in [0.5, 0.6) is 0 Å². The molecule has 178 valence electrons. The second-order valence-electron chi connectivity index (χ2n) is 8.98. The van der Waals surface area contributed by atoms with E-state index in [0.717, 1.165) is 41.8 Å². The van der Waals surface area contributed by atoms with Crippen LogP contribution in [0.4, 0.5) is 5.69 Å². The molecule has 2 aromatic heterocycles. The van der Waals surface area contributed by atoms with Gasteiger partial charge in [-0.2, -0.15) is 5.26 Å². The Morgan fingerprint density at radius 3 is 2.25 bits per heavy atom. The maximum atomic E-state index is 13.5. The average molecular weight is 474 g/mol. The molecular formula is C30H27N5O. The van der Waals surface area contributed by atoms with Crippen molar-refractivity contribution in [1.82, 2.24) is 14.9 Å². The van der Waals surface area contributed by atoms with Crippen molar-refractivity contribution in [3.05, 3.63) is 126 Å². The van der Waals surface area contributed by atoms with E-state index >= 15 is 0 Å². The standard InChI is InChI=1S/C30H27N5O/c31-19-22-8-4-9-23(18-22)29(28(24-10-5-15-32-20-24)25-11-6-16-33-21-25)35-17-7-14-27(35)30(36)34-26-12-2-1-3-13-26/h1-6,8-13,15-16,18,20-21,27-29H,7,14,17H2,(H,34,36)/t27-,29?/m0/s1. The van der Waals surface area contributed by atoms with Crippen LogP contribution in [0.2, 0.25) is 0 Å². The molecule has 6 nitrogen and oxygen atoms in total. The highest BCUT2D eigenvalue weighted by molar-refractivity contribution is 5.95. The Bertz CT molecular complexity index is 1300. The number of aromatic nitrogens is 2. The summed E-state index contributed by atoms with van der Waals surface area (Å²) in [4.78, 5) is 24.7. The van der Waals surface area contributed by atoms with Gasteiger partial charge in [-0.15, -0.1) is 0 Å². The fourth-order valence-electron chi connectivity index (χ4n) is 5.20. The largest absolute Gasteiger partial charge is 0.325 e. The molecule has 2 aromatic carbocycles. The predicted molar refractivity (Wildman–Crippen MR) is 139 cm³/mol. The summed E-state index contributed by atoms with van der Waals surface area (Å²) >= 11 is 0. The summed E-state index contributed by atoms with van der Waals surface area (Å²) in [5.74, 6) is -0.150. The molecule has 1 aliphatic heterocycles. The fraction of sp³-hybridized carbons (Fsp3) is 0.200. The van der Waals surface area contributed by atoms with Gasteiger partial charge in [-0.1, -0.05) is 42.5 Å². The smallest absolute Gasteiger partial charge is 0.241 e. The molecule has 1 aliphatic rings. The first kappa shape index (κ1) is 23.4. The Hall–Kier alpha value is -4.34. The van der Waals surface area contributed by atoms with Gasteiger partial charge in [0.25, 0.3) is 0 Å². The summed E-state index contributed by atoms with van der Waals surface area (Å²) in [6.07, 6.45) is 8.97. The van der Waals surface area contributed by atoms with Gasteiger partial charge in [0.1, 0.15) is 0 Å². The van der Waals surface area contributed by atoms with Crippen molar-refractivity contribution in [2.45, 2.75) is 30.8 Å². The zero-order valence-electron chi connectivity index (χ0n) is 19.9. The molecule has 0 saturated carbocycles. The van der Waals surface area contributed by atoms with E-state index in [-0.39, 0.29) is 23.9 Å². The molecule has 36 heavy (non-hydrogen) atoms. The average Bonchev–Trinajstić information content (AvgIpc) is 3.43. The molecule has 0 spiro atoms. The monoisotopic (exact) mass is 473 g/mol. The summed E-state index contributed by atoms with van der Waals surface area (Å²) in [6, 6.07) is 27.1. The lowest BCUT2D eigenvalue weighted by atomic mass is 9.81. The highest BCUT2D eigenvalue weighted by Crippen LogP contribution is 2.43. The number of nitrogens with one attached hydrogen (secondary N) is 1. The van der Waals surface area contributed by atoms with E-state index in [1.54, 1.807) is 12.4 Å². The highest BCUT2D eigenvalue weighted by atomic mass is 16.2. The number of amides is 1. The van der Waals surface area contributed by atoms with Crippen molar-refractivity contribution in [2.75, 3.05) is 11.9 Å². The molecule has 5 rings (SSSR count). The molecule has 2 atom stereocenters. The van der Waals surface area contributed by atoms with E-state index < -0.39 is 0 Å². The van der Waals surface area contributed by atoms with Crippen LogP contribution in [0, 0.1) is 11.3 Å². The summed E-state index contributed by atoms with van der Waals surface area (Å²) < 4.78 is 0. The third-order valence-corrected chi connectivity index (χ3v) is 6.76. The molecule has 3 heterocycles. The fourth-order valence-corrected chi connectivity index (χ4v) is 5.20. The Kier molecular flexibility index (Phi) is 7.11. The lowest BCUT2D eigenvalue weighted by Gasteiger charge is -2.38. The van der Waals surface area contributed by atoms with Crippen molar-refractivity contribution in [3.63, 3.8) is 0 Å². The minimum absolute atomic E-state index is 0.0174. The van der Waals surface area contributed by atoms with Gasteiger partial charge >= 0.3 is 0 Å². The van der Waals surface area contributed by atoms with Crippen LogP contribution < -0.4 is 5.32 Å². The minimum atomic E-state index is -0.309. The van der Waals surface area contributed by atoms with Gasteiger partial charge in [-0.05, 0) is 72.5 Å². The first-order chi connectivity index (χ1) is 17.7. The predicted octanol–water partition coefficient (Wildman–Crippen LogP) is 5.32.